The highest BCUT2D eigenvalue weighted by molar-refractivity contribution is 7.98. The van der Waals surface area contributed by atoms with Crippen LogP contribution in [0.4, 0.5) is 0 Å². The summed E-state index contributed by atoms with van der Waals surface area (Å²) in [6.45, 7) is 0.649. The van der Waals surface area contributed by atoms with Crippen LogP contribution < -0.4 is 10.6 Å². The van der Waals surface area contributed by atoms with Gasteiger partial charge < -0.3 is 10.6 Å². The third-order valence-corrected chi connectivity index (χ3v) is 2.14. The number of hydrogen-bond acceptors (Lipinski definition) is 3. The van der Waals surface area contributed by atoms with Gasteiger partial charge in [0.25, 0.3) is 0 Å². The van der Waals surface area contributed by atoms with Crippen LogP contribution in [0.5, 0.6) is 0 Å². The predicted molar refractivity (Wildman–Crippen MR) is 54.7 cm³/mol. The van der Waals surface area contributed by atoms with Gasteiger partial charge in [0.05, 0.1) is 0 Å². The molecule has 0 heterocycles. The van der Waals surface area contributed by atoms with E-state index in [1.807, 2.05) is 6.26 Å². The van der Waals surface area contributed by atoms with Crippen molar-refractivity contribution in [2.24, 2.45) is 0 Å². The molecule has 0 aromatic carbocycles. The fraction of sp³-hybridized carbons (Fsp3) is 0.750. The van der Waals surface area contributed by atoms with E-state index < -0.39 is 0 Å². The Morgan fingerprint density at radius 2 is 2.00 bits per heavy atom. The summed E-state index contributed by atoms with van der Waals surface area (Å²) < 4.78 is 0. The molecule has 0 unspecified atom stereocenters. The lowest BCUT2D eigenvalue weighted by molar-refractivity contribution is -0.128. The molecule has 0 aliphatic carbocycles. The lowest BCUT2D eigenvalue weighted by Gasteiger charge is -2.03. The van der Waals surface area contributed by atoms with Gasteiger partial charge in [-0.3, -0.25) is 9.59 Å². The molecule has 5 heteroatoms. The van der Waals surface area contributed by atoms with Crippen LogP contribution in [0.25, 0.3) is 0 Å². The number of amides is 2. The molecule has 0 saturated heterocycles. The Balaban J connectivity index is 3.35. The van der Waals surface area contributed by atoms with Gasteiger partial charge in [-0.05, 0) is 18.4 Å². The van der Waals surface area contributed by atoms with Crippen molar-refractivity contribution in [2.75, 3.05) is 25.6 Å². The van der Waals surface area contributed by atoms with Gasteiger partial charge in [-0.25, -0.2) is 0 Å². The van der Waals surface area contributed by atoms with Gasteiger partial charge in [0.15, 0.2) is 0 Å². The smallest absolute Gasteiger partial charge is 0.229 e. The van der Waals surface area contributed by atoms with Crippen LogP contribution in [-0.4, -0.2) is 37.4 Å². The molecule has 0 spiro atoms. The molecule has 2 N–H and O–H groups in total. The van der Waals surface area contributed by atoms with Crippen LogP contribution in [0.1, 0.15) is 12.8 Å². The van der Waals surface area contributed by atoms with Gasteiger partial charge >= 0.3 is 0 Å². The molecule has 0 rings (SSSR count). The minimum Gasteiger partial charge on any atom is -0.359 e. The summed E-state index contributed by atoms with van der Waals surface area (Å²) in [6.07, 6.45) is 2.89. The molecule has 2 amide bonds. The van der Waals surface area contributed by atoms with Gasteiger partial charge in [-0.1, -0.05) is 0 Å². The van der Waals surface area contributed by atoms with Crippen LogP contribution in [0, 0.1) is 0 Å². The molecular weight excluding hydrogens is 188 g/mol. The van der Waals surface area contributed by atoms with E-state index in [4.69, 9.17) is 0 Å². The van der Waals surface area contributed by atoms with Crippen molar-refractivity contribution in [3.05, 3.63) is 0 Å². The Kier molecular flexibility index (Phi) is 7.48. The summed E-state index contributed by atoms with van der Waals surface area (Å²) in [7, 11) is 1.52. The highest BCUT2D eigenvalue weighted by Gasteiger charge is 2.05. The van der Waals surface area contributed by atoms with Crippen molar-refractivity contribution >= 4 is 23.6 Å². The lowest BCUT2D eigenvalue weighted by atomic mass is 10.3. The fourth-order valence-electron chi connectivity index (χ4n) is 0.741. The van der Waals surface area contributed by atoms with E-state index in [1.165, 1.54) is 7.05 Å². The van der Waals surface area contributed by atoms with Crippen LogP contribution in [0.2, 0.25) is 0 Å². The molecule has 0 fully saturated rings. The molecule has 0 aliphatic heterocycles. The first-order valence-electron chi connectivity index (χ1n) is 4.17. The summed E-state index contributed by atoms with van der Waals surface area (Å²) in [4.78, 5) is 21.7. The molecule has 0 bridgehead atoms. The Morgan fingerprint density at radius 3 is 2.54 bits per heavy atom. The Morgan fingerprint density at radius 1 is 1.31 bits per heavy atom. The minimum atomic E-state index is -0.248. The van der Waals surface area contributed by atoms with Crippen molar-refractivity contribution < 1.29 is 9.59 Å². The second kappa shape index (κ2) is 7.91. The average Bonchev–Trinajstić information content (AvgIpc) is 2.12. The highest BCUT2D eigenvalue weighted by Crippen LogP contribution is 1.93. The molecule has 0 saturated carbocycles. The van der Waals surface area contributed by atoms with E-state index in [0.717, 1.165) is 12.2 Å². The zero-order valence-corrected chi connectivity index (χ0v) is 8.87. The van der Waals surface area contributed by atoms with Gasteiger partial charge in [0.2, 0.25) is 11.8 Å². The summed E-state index contributed by atoms with van der Waals surface area (Å²) in [6, 6.07) is 0. The minimum absolute atomic E-state index is 0.0736. The van der Waals surface area contributed by atoms with E-state index in [0.29, 0.717) is 6.54 Å². The summed E-state index contributed by atoms with van der Waals surface area (Å²) in [5.41, 5.74) is 0. The maximum Gasteiger partial charge on any atom is 0.229 e. The number of carbonyl (C=O) groups is 2. The van der Waals surface area contributed by atoms with Crippen molar-refractivity contribution in [1.82, 2.24) is 10.6 Å². The highest BCUT2D eigenvalue weighted by atomic mass is 32.2. The molecule has 0 aliphatic rings. The number of carbonyl (C=O) groups excluding carboxylic acids is 2. The standard InChI is InChI=1S/C8H16N2O2S/c1-9-7(11)6-8(12)10-4-3-5-13-2/h3-6H2,1-2H3,(H,9,11)(H,10,12). The number of rotatable bonds is 6. The first kappa shape index (κ1) is 12.3. The third kappa shape index (κ3) is 7.64. The Labute approximate surface area is 82.8 Å². The fourth-order valence-corrected chi connectivity index (χ4v) is 1.17. The third-order valence-electron chi connectivity index (χ3n) is 1.45. The SMILES string of the molecule is CNC(=O)CC(=O)NCCCSC. The molecule has 0 radical (unpaired) electrons. The second-order valence-electron chi connectivity index (χ2n) is 2.55. The van der Waals surface area contributed by atoms with Crippen LogP contribution in [0.3, 0.4) is 0 Å². The molecule has 0 aromatic rings. The summed E-state index contributed by atoms with van der Waals surface area (Å²) in [5.74, 6) is 0.572. The van der Waals surface area contributed by atoms with Gasteiger partial charge in [-0.2, -0.15) is 11.8 Å². The molecule has 0 aromatic heterocycles. The van der Waals surface area contributed by atoms with E-state index >= 15 is 0 Å². The topological polar surface area (TPSA) is 58.2 Å². The normalized spacial score (nSPS) is 9.38. The zero-order valence-electron chi connectivity index (χ0n) is 8.05. The van der Waals surface area contributed by atoms with Crippen molar-refractivity contribution in [2.45, 2.75) is 12.8 Å². The summed E-state index contributed by atoms with van der Waals surface area (Å²) >= 11 is 1.74. The molecule has 76 valence electrons. The van der Waals surface area contributed by atoms with Crippen LogP contribution >= 0.6 is 11.8 Å². The number of thioether (sulfide) groups is 1. The largest absolute Gasteiger partial charge is 0.359 e. The van der Waals surface area contributed by atoms with Crippen molar-refractivity contribution in [1.29, 1.82) is 0 Å². The predicted octanol–water partition coefficient (Wildman–Crippen LogP) is -0.00820. The zero-order chi connectivity index (χ0) is 10.1. The average molecular weight is 204 g/mol. The first-order chi connectivity index (χ1) is 6.20. The number of nitrogens with one attached hydrogen (secondary N) is 2. The first-order valence-corrected chi connectivity index (χ1v) is 5.56. The van der Waals surface area contributed by atoms with Crippen LogP contribution in [-0.2, 0) is 9.59 Å². The molecular formula is C8H16N2O2S. The van der Waals surface area contributed by atoms with Crippen molar-refractivity contribution in [3.8, 4) is 0 Å². The van der Waals surface area contributed by atoms with E-state index in [9.17, 15) is 9.59 Å². The maximum absolute atomic E-state index is 11.0. The van der Waals surface area contributed by atoms with Gasteiger partial charge in [0.1, 0.15) is 6.42 Å². The molecule has 4 nitrogen and oxygen atoms in total. The lowest BCUT2D eigenvalue weighted by Crippen LogP contribution is -2.30. The van der Waals surface area contributed by atoms with E-state index in [2.05, 4.69) is 10.6 Å². The van der Waals surface area contributed by atoms with Crippen LogP contribution in [0.15, 0.2) is 0 Å². The second-order valence-corrected chi connectivity index (χ2v) is 3.53. The Bertz CT molecular complexity index is 174. The van der Waals surface area contributed by atoms with Gasteiger partial charge in [0, 0.05) is 13.6 Å². The van der Waals surface area contributed by atoms with Crippen molar-refractivity contribution in [3.63, 3.8) is 0 Å². The molecule has 0 atom stereocenters. The van der Waals surface area contributed by atoms with E-state index in [1.54, 1.807) is 11.8 Å². The monoisotopic (exact) mass is 204 g/mol. The summed E-state index contributed by atoms with van der Waals surface area (Å²) in [5, 5.41) is 5.06. The quantitative estimate of drug-likeness (QED) is 0.472. The Hall–Kier alpha value is -0.710. The van der Waals surface area contributed by atoms with E-state index in [-0.39, 0.29) is 18.2 Å². The number of hydrogen-bond donors (Lipinski definition) is 2. The maximum atomic E-state index is 11.0. The molecule has 13 heavy (non-hydrogen) atoms. The van der Waals surface area contributed by atoms with Gasteiger partial charge in [-0.15, -0.1) is 0 Å².